The second-order valence-electron chi connectivity index (χ2n) is 12.7. The fraction of sp³-hybridized carbons (Fsp3) is 0.742. The molecular weight excluding hydrogens is 453 g/mol. The van der Waals surface area contributed by atoms with Gasteiger partial charge >= 0.3 is 0 Å². The molecule has 0 spiro atoms. The average Bonchev–Trinajstić information content (AvgIpc) is 3.04. The number of Topliss-reactive ketones (excluding diaryl/α,β-unsaturated/α-hetero) is 2. The van der Waals surface area contributed by atoms with Gasteiger partial charge in [0.05, 0.1) is 13.7 Å². The summed E-state index contributed by atoms with van der Waals surface area (Å²) >= 11 is 0. The number of fused-ring (bicyclic) bond motifs is 2. The van der Waals surface area contributed by atoms with Crippen molar-refractivity contribution in [2.24, 2.45) is 29.1 Å². The molecule has 202 valence electrons. The van der Waals surface area contributed by atoms with Crippen LogP contribution in [0.25, 0.3) is 0 Å². The number of halogens is 1. The van der Waals surface area contributed by atoms with Crippen molar-refractivity contribution in [3.8, 4) is 5.75 Å². The minimum absolute atomic E-state index is 0.123. The first-order chi connectivity index (χ1) is 17.0. The molecule has 4 nitrogen and oxygen atoms in total. The Morgan fingerprint density at radius 2 is 1.72 bits per heavy atom. The number of ketones is 2. The van der Waals surface area contributed by atoms with Gasteiger partial charge in [0.25, 0.3) is 0 Å². The van der Waals surface area contributed by atoms with Crippen LogP contribution < -0.4 is 10.1 Å². The van der Waals surface area contributed by atoms with Gasteiger partial charge < -0.3 is 10.1 Å². The van der Waals surface area contributed by atoms with Crippen LogP contribution in [0.4, 0.5) is 4.39 Å². The first-order valence-electron chi connectivity index (χ1n) is 14.2. The number of rotatable bonds is 14. The monoisotopic (exact) mass is 501 g/mol. The van der Waals surface area contributed by atoms with Gasteiger partial charge in [-0.3, -0.25) is 9.59 Å². The average molecular weight is 502 g/mol. The number of methoxy groups -OCH3 is 1. The van der Waals surface area contributed by atoms with Crippen molar-refractivity contribution in [1.29, 1.82) is 0 Å². The maximum atomic E-state index is 13.8. The number of benzene rings is 1. The third-order valence-corrected chi connectivity index (χ3v) is 8.52. The van der Waals surface area contributed by atoms with Gasteiger partial charge in [0.1, 0.15) is 23.1 Å². The molecule has 0 amide bonds. The van der Waals surface area contributed by atoms with Crippen molar-refractivity contribution in [2.45, 2.75) is 104 Å². The molecule has 2 aliphatic carbocycles. The van der Waals surface area contributed by atoms with E-state index in [4.69, 9.17) is 4.74 Å². The van der Waals surface area contributed by atoms with Crippen molar-refractivity contribution in [1.82, 2.24) is 5.32 Å². The Balaban J connectivity index is 1.36. The number of nitrogens with one attached hydrogen (secondary N) is 1. The zero-order valence-electron chi connectivity index (χ0n) is 23.2. The summed E-state index contributed by atoms with van der Waals surface area (Å²) in [5, 5.41) is 3.27. The highest BCUT2D eigenvalue weighted by Crippen LogP contribution is 2.51. The highest BCUT2D eigenvalue weighted by atomic mass is 19.1. The number of carbonyl (C=O) groups is 2. The van der Waals surface area contributed by atoms with Crippen LogP contribution in [-0.2, 0) is 9.59 Å². The zero-order valence-corrected chi connectivity index (χ0v) is 23.2. The molecule has 36 heavy (non-hydrogen) atoms. The molecule has 2 fully saturated rings. The number of carbonyl (C=O) groups excluding carboxylic acids is 2. The Hall–Kier alpha value is -1.75. The lowest BCUT2D eigenvalue weighted by molar-refractivity contribution is -0.120. The van der Waals surface area contributed by atoms with E-state index in [9.17, 15) is 14.0 Å². The molecule has 2 saturated carbocycles. The summed E-state index contributed by atoms with van der Waals surface area (Å²) in [6, 6.07) is 4.53. The SMILES string of the molecule is COc1cc(F)cc([C@@H](C)NCC(=O)C[C@@H]2C[C@H]3CC[C@@H](C2)C3CCCC(=O)CCCC(C)(C)C)c1. The fourth-order valence-corrected chi connectivity index (χ4v) is 6.62. The lowest BCUT2D eigenvalue weighted by Crippen LogP contribution is -2.31. The minimum atomic E-state index is -0.332. The summed E-state index contributed by atoms with van der Waals surface area (Å²) in [5.41, 5.74) is 1.09. The molecule has 1 aromatic rings. The van der Waals surface area contributed by atoms with E-state index in [1.165, 1.54) is 38.5 Å². The molecule has 0 heterocycles. The van der Waals surface area contributed by atoms with Gasteiger partial charge in [0.2, 0.25) is 0 Å². The standard InChI is InChI=1S/C31H48FNO3/c1-21(25-17-26(32)19-29(18-25)36-5)33-20-28(35)16-22-14-23-11-12-24(15-22)30(23)10-6-8-27(34)9-7-13-31(2,3)4/h17-19,21-24,30,33H,6-16,20H2,1-5H3/t21-,22-,23-,24+,30?/m1/s1. The number of hydrogen-bond donors (Lipinski definition) is 1. The van der Waals surface area contributed by atoms with E-state index in [0.717, 1.165) is 68.3 Å². The summed E-state index contributed by atoms with van der Waals surface area (Å²) in [7, 11) is 1.52. The Bertz CT molecular complexity index is 863. The number of ether oxygens (including phenoxy) is 1. The van der Waals surface area contributed by atoms with Gasteiger partial charge in [-0.15, -0.1) is 0 Å². The van der Waals surface area contributed by atoms with E-state index in [1.807, 2.05) is 13.0 Å². The third-order valence-electron chi connectivity index (χ3n) is 8.52. The van der Waals surface area contributed by atoms with E-state index in [0.29, 0.717) is 35.8 Å². The Morgan fingerprint density at radius 1 is 1.06 bits per heavy atom. The molecule has 0 radical (unpaired) electrons. The van der Waals surface area contributed by atoms with Gasteiger partial charge in [-0.25, -0.2) is 4.39 Å². The van der Waals surface area contributed by atoms with E-state index in [1.54, 1.807) is 0 Å². The van der Waals surface area contributed by atoms with E-state index in [-0.39, 0.29) is 17.6 Å². The topological polar surface area (TPSA) is 55.4 Å². The van der Waals surface area contributed by atoms with Gasteiger partial charge in [-0.1, -0.05) is 20.8 Å². The van der Waals surface area contributed by atoms with Gasteiger partial charge in [0.15, 0.2) is 0 Å². The second-order valence-corrected chi connectivity index (χ2v) is 12.7. The summed E-state index contributed by atoms with van der Waals surface area (Å²) in [4.78, 5) is 25.1. The third kappa shape index (κ3) is 8.97. The van der Waals surface area contributed by atoms with Crippen LogP contribution in [0, 0.1) is 34.9 Å². The van der Waals surface area contributed by atoms with E-state index < -0.39 is 0 Å². The quantitative estimate of drug-likeness (QED) is 0.288. The van der Waals surface area contributed by atoms with Crippen LogP contribution in [0.1, 0.15) is 110 Å². The van der Waals surface area contributed by atoms with E-state index >= 15 is 0 Å². The van der Waals surface area contributed by atoms with Crippen LogP contribution >= 0.6 is 0 Å². The van der Waals surface area contributed by atoms with Crippen molar-refractivity contribution in [3.63, 3.8) is 0 Å². The largest absolute Gasteiger partial charge is 0.497 e. The van der Waals surface area contributed by atoms with Crippen molar-refractivity contribution in [2.75, 3.05) is 13.7 Å². The smallest absolute Gasteiger partial charge is 0.146 e. The Morgan fingerprint density at radius 3 is 2.36 bits per heavy atom. The Kier molecular flexibility index (Phi) is 10.5. The van der Waals surface area contributed by atoms with E-state index in [2.05, 4.69) is 26.1 Å². The van der Waals surface area contributed by atoms with Crippen molar-refractivity contribution >= 4 is 11.6 Å². The number of hydrogen-bond acceptors (Lipinski definition) is 4. The predicted octanol–water partition coefficient (Wildman–Crippen LogP) is 7.45. The van der Waals surface area contributed by atoms with Crippen LogP contribution in [0.5, 0.6) is 5.75 Å². The fourth-order valence-electron chi connectivity index (χ4n) is 6.62. The molecular formula is C31H48FNO3. The maximum Gasteiger partial charge on any atom is 0.146 e. The minimum Gasteiger partial charge on any atom is -0.497 e. The molecule has 2 aliphatic rings. The lowest BCUT2D eigenvalue weighted by Gasteiger charge is -2.35. The lowest BCUT2D eigenvalue weighted by atomic mass is 9.70. The molecule has 5 atom stereocenters. The first kappa shape index (κ1) is 28.8. The predicted molar refractivity (Wildman–Crippen MR) is 144 cm³/mol. The molecule has 1 unspecified atom stereocenters. The zero-order chi connectivity index (χ0) is 26.3. The molecule has 3 rings (SSSR count). The van der Waals surface area contributed by atoms with Gasteiger partial charge in [-0.2, -0.15) is 0 Å². The molecule has 0 saturated heterocycles. The summed E-state index contributed by atoms with van der Waals surface area (Å²) in [6.07, 6.45) is 11.3. The molecule has 1 aromatic carbocycles. The molecule has 1 N–H and O–H groups in total. The highest BCUT2D eigenvalue weighted by molar-refractivity contribution is 5.80. The highest BCUT2D eigenvalue weighted by Gasteiger charge is 2.42. The van der Waals surface area contributed by atoms with Gasteiger partial charge in [0, 0.05) is 31.4 Å². The van der Waals surface area contributed by atoms with Gasteiger partial charge in [-0.05, 0) is 105 Å². The second kappa shape index (κ2) is 13.2. The molecule has 0 aliphatic heterocycles. The summed E-state index contributed by atoms with van der Waals surface area (Å²) in [6.45, 7) is 8.96. The first-order valence-corrected chi connectivity index (χ1v) is 14.2. The normalized spacial score (nSPS) is 24.5. The van der Waals surface area contributed by atoms with Crippen molar-refractivity contribution < 1.29 is 18.7 Å². The maximum absolute atomic E-state index is 13.8. The van der Waals surface area contributed by atoms with Crippen LogP contribution in [0.2, 0.25) is 0 Å². The van der Waals surface area contributed by atoms with Crippen molar-refractivity contribution in [3.05, 3.63) is 29.6 Å². The molecule has 5 heteroatoms. The van der Waals surface area contributed by atoms with Crippen LogP contribution in [0.15, 0.2) is 18.2 Å². The summed E-state index contributed by atoms with van der Waals surface area (Å²) < 4.78 is 19.0. The van der Waals surface area contributed by atoms with Crippen LogP contribution in [-0.4, -0.2) is 25.2 Å². The van der Waals surface area contributed by atoms with Crippen LogP contribution in [0.3, 0.4) is 0 Å². The summed E-state index contributed by atoms with van der Waals surface area (Å²) in [5.74, 6) is 3.52. The Labute approximate surface area is 218 Å². The molecule has 0 aromatic heterocycles. The molecule has 2 bridgehead atoms.